The van der Waals surface area contributed by atoms with Gasteiger partial charge in [-0.25, -0.2) is 4.39 Å². The summed E-state index contributed by atoms with van der Waals surface area (Å²) in [5, 5.41) is 3.96. The Kier molecular flexibility index (Phi) is 3.17. The second-order valence-electron chi connectivity index (χ2n) is 4.96. The van der Waals surface area contributed by atoms with Crippen molar-refractivity contribution in [2.45, 2.75) is 13.8 Å². The van der Waals surface area contributed by atoms with Gasteiger partial charge in [-0.05, 0) is 61.4 Å². The van der Waals surface area contributed by atoms with Gasteiger partial charge in [-0.3, -0.25) is 0 Å². The van der Waals surface area contributed by atoms with Gasteiger partial charge in [-0.1, -0.05) is 5.16 Å². The lowest BCUT2D eigenvalue weighted by Gasteiger charge is -2.01. The fourth-order valence-corrected chi connectivity index (χ4v) is 2.16. The van der Waals surface area contributed by atoms with E-state index in [2.05, 4.69) is 10.1 Å². The van der Waals surface area contributed by atoms with E-state index < -0.39 is 0 Å². The van der Waals surface area contributed by atoms with Gasteiger partial charge in [0.1, 0.15) is 5.82 Å². The van der Waals surface area contributed by atoms with E-state index in [9.17, 15) is 4.39 Å². The van der Waals surface area contributed by atoms with Crippen molar-refractivity contribution in [1.82, 2.24) is 10.1 Å². The molecule has 0 amide bonds. The molecule has 21 heavy (non-hydrogen) atoms. The molecule has 2 N–H and O–H groups in total. The molecule has 3 rings (SSSR count). The molecule has 3 aromatic rings. The summed E-state index contributed by atoms with van der Waals surface area (Å²) in [4.78, 5) is 4.37. The predicted molar refractivity (Wildman–Crippen MR) is 79.0 cm³/mol. The molecule has 0 saturated carbocycles. The summed E-state index contributed by atoms with van der Waals surface area (Å²) in [6.45, 7) is 3.63. The second kappa shape index (κ2) is 5.01. The summed E-state index contributed by atoms with van der Waals surface area (Å²) in [5.41, 5.74) is 9.47. The summed E-state index contributed by atoms with van der Waals surface area (Å²) >= 11 is 0. The predicted octanol–water partition coefficient (Wildman–Crippen LogP) is 3.74. The Labute approximate surface area is 121 Å². The van der Waals surface area contributed by atoms with Crippen LogP contribution in [0.3, 0.4) is 0 Å². The average Bonchev–Trinajstić information content (AvgIpc) is 2.91. The smallest absolute Gasteiger partial charge is 0.258 e. The van der Waals surface area contributed by atoms with Gasteiger partial charge in [0.15, 0.2) is 0 Å². The number of rotatable bonds is 2. The Morgan fingerprint density at radius 2 is 1.86 bits per heavy atom. The molecule has 1 heterocycles. The number of aryl methyl sites for hydroxylation is 2. The van der Waals surface area contributed by atoms with Crippen LogP contribution in [0.1, 0.15) is 11.1 Å². The largest absolute Gasteiger partial charge is 0.399 e. The van der Waals surface area contributed by atoms with Crippen molar-refractivity contribution in [3.8, 4) is 22.8 Å². The minimum absolute atomic E-state index is 0.253. The van der Waals surface area contributed by atoms with E-state index in [0.29, 0.717) is 23.0 Å². The van der Waals surface area contributed by atoms with Crippen LogP contribution in [0.5, 0.6) is 0 Å². The van der Waals surface area contributed by atoms with Crippen LogP contribution in [0.25, 0.3) is 22.8 Å². The lowest BCUT2D eigenvalue weighted by molar-refractivity contribution is 0.432. The van der Waals surface area contributed by atoms with Gasteiger partial charge < -0.3 is 10.3 Å². The molecule has 0 unspecified atom stereocenters. The van der Waals surface area contributed by atoms with E-state index >= 15 is 0 Å². The monoisotopic (exact) mass is 283 g/mol. The number of halogens is 1. The minimum atomic E-state index is -0.253. The van der Waals surface area contributed by atoms with Crippen molar-refractivity contribution in [2.75, 3.05) is 5.73 Å². The first-order chi connectivity index (χ1) is 10.0. The first-order valence-electron chi connectivity index (χ1n) is 6.51. The zero-order valence-electron chi connectivity index (χ0n) is 11.7. The molecule has 0 radical (unpaired) electrons. The van der Waals surface area contributed by atoms with Crippen LogP contribution in [0.4, 0.5) is 10.1 Å². The van der Waals surface area contributed by atoms with E-state index in [4.69, 9.17) is 10.3 Å². The number of nitrogen functional groups attached to an aromatic ring is 1. The van der Waals surface area contributed by atoms with Gasteiger partial charge in [-0.2, -0.15) is 4.98 Å². The Morgan fingerprint density at radius 1 is 1.05 bits per heavy atom. The van der Waals surface area contributed by atoms with Gasteiger partial charge >= 0.3 is 0 Å². The third-order valence-corrected chi connectivity index (χ3v) is 3.32. The highest BCUT2D eigenvalue weighted by Gasteiger charge is 2.13. The van der Waals surface area contributed by atoms with Crippen LogP contribution in [0.15, 0.2) is 40.9 Å². The van der Waals surface area contributed by atoms with Gasteiger partial charge in [0.2, 0.25) is 5.82 Å². The van der Waals surface area contributed by atoms with Crippen molar-refractivity contribution in [1.29, 1.82) is 0 Å². The van der Waals surface area contributed by atoms with Gasteiger partial charge in [-0.15, -0.1) is 0 Å². The number of aromatic nitrogens is 2. The second-order valence-corrected chi connectivity index (χ2v) is 4.96. The minimum Gasteiger partial charge on any atom is -0.399 e. The van der Waals surface area contributed by atoms with Crippen LogP contribution in [-0.2, 0) is 0 Å². The maximum absolute atomic E-state index is 13.3. The van der Waals surface area contributed by atoms with E-state index in [1.165, 1.54) is 6.07 Å². The van der Waals surface area contributed by atoms with E-state index in [0.717, 1.165) is 16.7 Å². The number of nitrogens with zero attached hydrogens (tertiary/aromatic N) is 2. The molecule has 0 fully saturated rings. The standard InChI is InChI=1S/C16H14FN3O/c1-9-8-12(18)4-5-13(9)16-19-15(20-21-16)11-3-6-14(17)10(2)7-11/h3-8H,18H2,1-2H3. The summed E-state index contributed by atoms with van der Waals surface area (Å²) < 4.78 is 18.6. The Balaban J connectivity index is 2.01. The van der Waals surface area contributed by atoms with Crippen molar-refractivity contribution in [3.05, 3.63) is 53.3 Å². The summed E-state index contributed by atoms with van der Waals surface area (Å²) in [6, 6.07) is 10.2. The van der Waals surface area contributed by atoms with Crippen molar-refractivity contribution >= 4 is 5.69 Å². The molecule has 0 bridgehead atoms. The Morgan fingerprint density at radius 3 is 2.57 bits per heavy atom. The van der Waals surface area contributed by atoms with Crippen LogP contribution < -0.4 is 5.73 Å². The van der Waals surface area contributed by atoms with Crippen LogP contribution >= 0.6 is 0 Å². The Hall–Kier alpha value is -2.69. The van der Waals surface area contributed by atoms with E-state index in [1.54, 1.807) is 25.1 Å². The normalized spacial score (nSPS) is 10.8. The molecule has 0 spiro atoms. The fourth-order valence-electron chi connectivity index (χ4n) is 2.16. The molecule has 0 aliphatic rings. The van der Waals surface area contributed by atoms with Crippen molar-refractivity contribution in [3.63, 3.8) is 0 Å². The summed E-state index contributed by atoms with van der Waals surface area (Å²) in [6.07, 6.45) is 0. The van der Waals surface area contributed by atoms with E-state index in [-0.39, 0.29) is 5.82 Å². The number of benzene rings is 2. The van der Waals surface area contributed by atoms with Crippen molar-refractivity contribution in [2.24, 2.45) is 0 Å². The third-order valence-electron chi connectivity index (χ3n) is 3.32. The highest BCUT2D eigenvalue weighted by Crippen LogP contribution is 2.26. The van der Waals surface area contributed by atoms with Crippen LogP contribution in [0.2, 0.25) is 0 Å². The average molecular weight is 283 g/mol. The highest BCUT2D eigenvalue weighted by molar-refractivity contribution is 5.65. The van der Waals surface area contributed by atoms with E-state index in [1.807, 2.05) is 19.1 Å². The van der Waals surface area contributed by atoms with Crippen LogP contribution in [0, 0.1) is 19.7 Å². The highest BCUT2D eigenvalue weighted by atomic mass is 19.1. The van der Waals surface area contributed by atoms with Gasteiger partial charge in [0.05, 0.1) is 0 Å². The lowest BCUT2D eigenvalue weighted by Crippen LogP contribution is -1.89. The maximum atomic E-state index is 13.3. The fraction of sp³-hybridized carbons (Fsp3) is 0.125. The summed E-state index contributed by atoms with van der Waals surface area (Å²) in [5.74, 6) is 0.602. The first kappa shape index (κ1) is 13.3. The number of hydrogen-bond donors (Lipinski definition) is 1. The molecule has 0 saturated heterocycles. The SMILES string of the molecule is Cc1cc(-c2noc(-c3ccc(N)cc3C)n2)ccc1F. The van der Waals surface area contributed by atoms with Gasteiger partial charge in [0, 0.05) is 16.8 Å². The third kappa shape index (κ3) is 2.50. The molecule has 0 aliphatic carbocycles. The van der Waals surface area contributed by atoms with Gasteiger partial charge in [0.25, 0.3) is 5.89 Å². The first-order valence-corrected chi connectivity index (χ1v) is 6.51. The Bertz CT molecular complexity index is 811. The molecule has 4 nitrogen and oxygen atoms in total. The zero-order valence-corrected chi connectivity index (χ0v) is 11.7. The van der Waals surface area contributed by atoms with Crippen LogP contribution in [-0.4, -0.2) is 10.1 Å². The maximum Gasteiger partial charge on any atom is 0.258 e. The molecule has 0 aliphatic heterocycles. The number of nitrogens with two attached hydrogens (primary N) is 1. The number of anilines is 1. The molecule has 1 aromatic heterocycles. The van der Waals surface area contributed by atoms with Crippen molar-refractivity contribution < 1.29 is 8.91 Å². The number of hydrogen-bond acceptors (Lipinski definition) is 4. The lowest BCUT2D eigenvalue weighted by atomic mass is 10.1. The molecule has 106 valence electrons. The topological polar surface area (TPSA) is 64.9 Å². The molecular weight excluding hydrogens is 269 g/mol. The zero-order chi connectivity index (χ0) is 15.0. The summed E-state index contributed by atoms with van der Waals surface area (Å²) in [7, 11) is 0. The molecule has 2 aromatic carbocycles. The molecule has 0 atom stereocenters. The quantitative estimate of drug-likeness (QED) is 0.727. The molecule has 5 heteroatoms. The molecular formula is C16H14FN3O.